The molecule has 1 aliphatic rings. The van der Waals surface area contributed by atoms with E-state index in [9.17, 15) is 0 Å². The summed E-state index contributed by atoms with van der Waals surface area (Å²) in [6, 6.07) is 8.16. The molecule has 0 saturated carbocycles. The Labute approximate surface area is 108 Å². The van der Waals surface area contributed by atoms with E-state index in [0.717, 1.165) is 31.0 Å². The Morgan fingerprint density at radius 2 is 2.35 bits per heavy atom. The van der Waals surface area contributed by atoms with Crippen molar-refractivity contribution in [2.24, 2.45) is 5.92 Å². The van der Waals surface area contributed by atoms with Gasteiger partial charge in [0.25, 0.3) is 0 Å². The van der Waals surface area contributed by atoms with E-state index < -0.39 is 0 Å². The molecule has 2 atom stereocenters. The van der Waals surface area contributed by atoms with Gasteiger partial charge in [-0.1, -0.05) is 23.7 Å². The second-order valence-electron chi connectivity index (χ2n) is 5.28. The maximum Gasteiger partial charge on any atom is 0.0641 e. The summed E-state index contributed by atoms with van der Waals surface area (Å²) in [5.41, 5.74) is 1.46. The van der Waals surface area contributed by atoms with Crippen molar-refractivity contribution >= 4 is 11.6 Å². The van der Waals surface area contributed by atoms with Gasteiger partial charge >= 0.3 is 0 Å². The zero-order valence-electron chi connectivity index (χ0n) is 10.5. The fourth-order valence-electron chi connectivity index (χ4n) is 2.74. The minimum absolute atomic E-state index is 0.137. The Bertz CT molecular complexity index is 382. The first kappa shape index (κ1) is 12.9. The molecule has 0 amide bonds. The van der Waals surface area contributed by atoms with E-state index in [1.807, 2.05) is 12.1 Å². The van der Waals surface area contributed by atoms with Crippen molar-refractivity contribution < 1.29 is 4.74 Å². The number of nitrogens with one attached hydrogen (secondary N) is 1. The van der Waals surface area contributed by atoms with Gasteiger partial charge in [0.1, 0.15) is 0 Å². The van der Waals surface area contributed by atoms with Gasteiger partial charge in [0.15, 0.2) is 0 Å². The van der Waals surface area contributed by atoms with Gasteiger partial charge in [0.2, 0.25) is 0 Å². The molecule has 0 aliphatic carbocycles. The van der Waals surface area contributed by atoms with Crippen molar-refractivity contribution in [1.29, 1.82) is 0 Å². The largest absolute Gasteiger partial charge is 0.383 e. The minimum atomic E-state index is 0.137. The molecule has 1 fully saturated rings. The van der Waals surface area contributed by atoms with Gasteiger partial charge in [0.05, 0.1) is 6.61 Å². The van der Waals surface area contributed by atoms with Crippen molar-refractivity contribution in [3.63, 3.8) is 0 Å². The zero-order chi connectivity index (χ0) is 12.3. The van der Waals surface area contributed by atoms with Crippen molar-refractivity contribution in [2.45, 2.75) is 25.3 Å². The van der Waals surface area contributed by atoms with Crippen molar-refractivity contribution in [3.05, 3.63) is 34.9 Å². The van der Waals surface area contributed by atoms with E-state index in [2.05, 4.69) is 24.4 Å². The SMILES string of the molecule is COCC1(C)CC(Cc2cccc(Cl)c2)CN1. The van der Waals surface area contributed by atoms with E-state index in [1.165, 1.54) is 5.56 Å². The van der Waals surface area contributed by atoms with Crippen LogP contribution >= 0.6 is 11.6 Å². The molecule has 1 aromatic rings. The van der Waals surface area contributed by atoms with Gasteiger partial charge in [-0.3, -0.25) is 0 Å². The standard InChI is InChI=1S/C14H20ClNO/c1-14(10-17-2)8-12(9-16-14)6-11-4-3-5-13(15)7-11/h3-5,7,12,16H,6,8-10H2,1-2H3. The average Bonchev–Trinajstić information content (AvgIpc) is 2.60. The van der Waals surface area contributed by atoms with Gasteiger partial charge in [-0.25, -0.2) is 0 Å². The monoisotopic (exact) mass is 253 g/mol. The third kappa shape index (κ3) is 3.44. The quantitative estimate of drug-likeness (QED) is 0.891. The third-order valence-electron chi connectivity index (χ3n) is 3.43. The normalized spacial score (nSPS) is 28.5. The summed E-state index contributed by atoms with van der Waals surface area (Å²) in [4.78, 5) is 0. The van der Waals surface area contributed by atoms with Crippen molar-refractivity contribution in [3.8, 4) is 0 Å². The topological polar surface area (TPSA) is 21.3 Å². The molecule has 1 aromatic carbocycles. The lowest BCUT2D eigenvalue weighted by Gasteiger charge is -2.23. The summed E-state index contributed by atoms with van der Waals surface area (Å²) < 4.78 is 5.26. The Balaban J connectivity index is 1.94. The molecule has 94 valence electrons. The Hall–Kier alpha value is -0.570. The smallest absolute Gasteiger partial charge is 0.0641 e. The lowest BCUT2D eigenvalue weighted by atomic mass is 9.91. The second-order valence-corrected chi connectivity index (χ2v) is 5.72. The molecule has 0 aromatic heterocycles. The second kappa shape index (κ2) is 5.38. The van der Waals surface area contributed by atoms with Gasteiger partial charge in [0, 0.05) is 17.7 Å². The molecule has 1 N–H and O–H groups in total. The maximum absolute atomic E-state index is 6.00. The summed E-state index contributed by atoms with van der Waals surface area (Å²) in [5, 5.41) is 4.39. The molecule has 0 radical (unpaired) electrons. The van der Waals surface area contributed by atoms with Crippen LogP contribution in [0.2, 0.25) is 5.02 Å². The van der Waals surface area contributed by atoms with Crippen LogP contribution in [0.4, 0.5) is 0 Å². The Kier molecular flexibility index (Phi) is 4.08. The van der Waals surface area contributed by atoms with Gasteiger partial charge in [-0.05, 0) is 49.9 Å². The van der Waals surface area contributed by atoms with Gasteiger partial charge in [-0.2, -0.15) is 0 Å². The van der Waals surface area contributed by atoms with Crippen LogP contribution in [-0.4, -0.2) is 25.8 Å². The van der Waals surface area contributed by atoms with Crippen LogP contribution in [0.1, 0.15) is 18.9 Å². The van der Waals surface area contributed by atoms with Crippen LogP contribution in [0, 0.1) is 5.92 Å². The van der Waals surface area contributed by atoms with Crippen LogP contribution < -0.4 is 5.32 Å². The molecular weight excluding hydrogens is 234 g/mol. The van der Waals surface area contributed by atoms with E-state index in [0.29, 0.717) is 5.92 Å². The number of hydrogen-bond donors (Lipinski definition) is 1. The van der Waals surface area contributed by atoms with E-state index in [1.54, 1.807) is 7.11 Å². The number of hydrogen-bond acceptors (Lipinski definition) is 2. The summed E-state index contributed by atoms with van der Waals surface area (Å²) in [7, 11) is 1.76. The predicted octanol–water partition coefficient (Wildman–Crippen LogP) is 2.90. The first-order chi connectivity index (χ1) is 8.11. The van der Waals surface area contributed by atoms with Crippen LogP contribution in [0.3, 0.4) is 0 Å². The molecule has 1 saturated heterocycles. The Morgan fingerprint density at radius 1 is 1.53 bits per heavy atom. The number of ether oxygens (including phenoxy) is 1. The summed E-state index contributed by atoms with van der Waals surface area (Å²) in [6.45, 7) is 4.07. The third-order valence-corrected chi connectivity index (χ3v) is 3.67. The van der Waals surface area contributed by atoms with Gasteiger partial charge in [-0.15, -0.1) is 0 Å². The summed E-state index contributed by atoms with van der Waals surface area (Å²) in [5.74, 6) is 0.675. The highest BCUT2D eigenvalue weighted by Gasteiger charge is 2.34. The highest BCUT2D eigenvalue weighted by atomic mass is 35.5. The Morgan fingerprint density at radius 3 is 3.06 bits per heavy atom. The summed E-state index contributed by atoms with van der Waals surface area (Å²) in [6.07, 6.45) is 2.25. The fourth-order valence-corrected chi connectivity index (χ4v) is 2.96. The molecule has 1 heterocycles. The molecule has 3 heteroatoms. The first-order valence-corrected chi connectivity index (χ1v) is 6.47. The molecule has 17 heavy (non-hydrogen) atoms. The zero-order valence-corrected chi connectivity index (χ0v) is 11.3. The van der Waals surface area contributed by atoms with Crippen molar-refractivity contribution in [2.75, 3.05) is 20.3 Å². The molecule has 2 rings (SSSR count). The first-order valence-electron chi connectivity index (χ1n) is 6.10. The van der Waals surface area contributed by atoms with Crippen LogP contribution in [0.5, 0.6) is 0 Å². The number of rotatable bonds is 4. The lowest BCUT2D eigenvalue weighted by Crippen LogP contribution is -2.40. The number of halogens is 1. The average molecular weight is 254 g/mol. The van der Waals surface area contributed by atoms with Gasteiger partial charge < -0.3 is 10.1 Å². The van der Waals surface area contributed by atoms with E-state index in [-0.39, 0.29) is 5.54 Å². The lowest BCUT2D eigenvalue weighted by molar-refractivity contribution is 0.128. The molecule has 1 aliphatic heterocycles. The highest BCUT2D eigenvalue weighted by molar-refractivity contribution is 6.30. The minimum Gasteiger partial charge on any atom is -0.383 e. The van der Waals surface area contributed by atoms with E-state index in [4.69, 9.17) is 16.3 Å². The molecule has 0 bridgehead atoms. The molecule has 0 spiro atoms. The number of benzene rings is 1. The van der Waals surface area contributed by atoms with Crippen molar-refractivity contribution in [1.82, 2.24) is 5.32 Å². The maximum atomic E-state index is 6.00. The molecule has 2 nitrogen and oxygen atoms in total. The van der Waals surface area contributed by atoms with Crippen LogP contribution in [-0.2, 0) is 11.2 Å². The highest BCUT2D eigenvalue weighted by Crippen LogP contribution is 2.27. The number of methoxy groups -OCH3 is 1. The summed E-state index contributed by atoms with van der Waals surface area (Å²) >= 11 is 6.00. The molecule has 2 unspecified atom stereocenters. The molecular formula is C14H20ClNO. The fraction of sp³-hybridized carbons (Fsp3) is 0.571. The predicted molar refractivity (Wildman–Crippen MR) is 71.5 cm³/mol. The van der Waals surface area contributed by atoms with E-state index >= 15 is 0 Å². The van der Waals surface area contributed by atoms with Crippen LogP contribution in [0.25, 0.3) is 0 Å². The van der Waals surface area contributed by atoms with Crippen LogP contribution in [0.15, 0.2) is 24.3 Å².